The van der Waals surface area contributed by atoms with E-state index in [4.69, 9.17) is 22.8 Å². The molecule has 0 unspecified atom stereocenters. The Hall–Kier alpha value is -6.26. The highest BCUT2D eigenvalue weighted by Gasteiger charge is 2.26. The van der Waals surface area contributed by atoms with E-state index in [1.165, 1.54) is 0 Å². The molecule has 0 fully saturated rings. The van der Waals surface area contributed by atoms with Gasteiger partial charge >= 0.3 is 0 Å². The molecule has 2 aromatic heterocycles. The van der Waals surface area contributed by atoms with E-state index in [-0.39, 0.29) is 45.9 Å². The van der Waals surface area contributed by atoms with Crippen LogP contribution < -0.4 is 0 Å². The Bertz CT molecular complexity index is 3990. The molecule has 0 saturated carbocycles. The topological polar surface area (TPSA) is 50.9 Å². The first-order chi connectivity index (χ1) is 40.1. The van der Waals surface area contributed by atoms with Crippen molar-refractivity contribution >= 4 is 11.0 Å². The standard InChI is InChI=1S/C63H71N3O/c1-37(2)45-34-53(40(7)8)60(67)54(35-45)61-65-59-52(20-17-21-57(59)66(61)56-27-24-44(30-41(56)9)58-50(38(3)4)18-16-19-51(58)39(5)6)46-31-47(33-49(32-46)63(13,14)15)55-36-43(28-29-64-55)42-22-25-48(26-23-42)62(10,11)12/h16-40,67H,1-15H3/i9D3,10D3,11D3,12D3,22D,23D,25D,26D,28D,29D,36D,38D,39D. The third kappa shape index (κ3) is 9.25. The van der Waals surface area contributed by atoms with Crippen LogP contribution in [0.15, 0.2) is 127 Å². The second-order valence-electron chi connectivity index (χ2n) is 19.5. The fourth-order valence-corrected chi connectivity index (χ4v) is 8.52. The van der Waals surface area contributed by atoms with Crippen molar-refractivity contribution in [3.8, 4) is 67.5 Å². The number of pyridine rings is 1. The number of benzene rings is 6. The molecule has 2 heterocycles. The van der Waals surface area contributed by atoms with Gasteiger partial charge in [-0.05, 0) is 157 Å². The Morgan fingerprint density at radius 3 is 1.94 bits per heavy atom. The number of aryl methyl sites for hydroxylation is 1. The lowest BCUT2D eigenvalue weighted by atomic mass is 9.83. The molecule has 4 heteroatoms. The molecule has 0 atom stereocenters. The van der Waals surface area contributed by atoms with Crippen LogP contribution in [0.1, 0.15) is 188 Å². The van der Waals surface area contributed by atoms with E-state index in [2.05, 4.69) is 4.98 Å². The van der Waals surface area contributed by atoms with Crippen LogP contribution in [-0.4, -0.2) is 19.6 Å². The fourth-order valence-electron chi connectivity index (χ4n) is 8.52. The molecule has 8 aromatic rings. The third-order valence-electron chi connectivity index (χ3n) is 12.3. The maximum atomic E-state index is 12.4. The van der Waals surface area contributed by atoms with Crippen molar-refractivity contribution in [1.29, 1.82) is 0 Å². The van der Waals surface area contributed by atoms with Crippen LogP contribution in [0.5, 0.6) is 5.75 Å². The van der Waals surface area contributed by atoms with Gasteiger partial charge in [0.1, 0.15) is 11.6 Å². The van der Waals surface area contributed by atoms with Crippen LogP contribution in [0, 0.1) is 6.85 Å². The first-order valence-electron chi connectivity index (χ1n) is 33.0. The number of imidazole rings is 1. The molecule has 67 heavy (non-hydrogen) atoms. The van der Waals surface area contributed by atoms with Gasteiger partial charge in [0.15, 0.2) is 0 Å². The predicted molar refractivity (Wildman–Crippen MR) is 286 cm³/mol. The lowest BCUT2D eigenvalue weighted by molar-refractivity contribution is 0.466. The Morgan fingerprint density at radius 2 is 1.31 bits per heavy atom. The van der Waals surface area contributed by atoms with Gasteiger partial charge in [0.05, 0.1) is 37.6 Å². The highest BCUT2D eigenvalue weighted by Crippen LogP contribution is 2.45. The monoisotopic (exact) mass is 907 g/mol. The van der Waals surface area contributed by atoms with E-state index in [9.17, 15) is 16.1 Å². The molecule has 0 radical (unpaired) electrons. The van der Waals surface area contributed by atoms with Crippen molar-refractivity contribution in [2.24, 2.45) is 0 Å². The van der Waals surface area contributed by atoms with Crippen molar-refractivity contribution in [2.45, 2.75) is 138 Å². The van der Waals surface area contributed by atoms with Crippen molar-refractivity contribution in [1.82, 2.24) is 14.5 Å². The molecule has 0 aliphatic rings. The number of hydrogen-bond donors (Lipinski definition) is 1. The van der Waals surface area contributed by atoms with Gasteiger partial charge in [0, 0.05) is 36.5 Å². The van der Waals surface area contributed by atoms with E-state index in [0.717, 1.165) is 5.56 Å². The molecule has 6 aromatic carbocycles. The molecule has 0 bridgehead atoms. The maximum Gasteiger partial charge on any atom is 0.149 e. The minimum Gasteiger partial charge on any atom is -0.507 e. The van der Waals surface area contributed by atoms with Gasteiger partial charge in [-0.3, -0.25) is 9.55 Å². The molecule has 8 rings (SSSR count). The van der Waals surface area contributed by atoms with E-state index in [0.29, 0.717) is 61.1 Å². The minimum atomic E-state index is -3.96. The van der Waals surface area contributed by atoms with E-state index < -0.39 is 109 Å². The smallest absolute Gasteiger partial charge is 0.149 e. The Labute approximate surface area is 430 Å². The second-order valence-corrected chi connectivity index (χ2v) is 19.5. The number of phenols is 1. The lowest BCUT2D eigenvalue weighted by Crippen LogP contribution is -2.11. The zero-order valence-electron chi connectivity index (χ0n) is 61.0. The number of hydrogen-bond acceptors (Lipinski definition) is 3. The summed E-state index contributed by atoms with van der Waals surface area (Å²) in [6.45, 7) is 5.94. The Kier molecular flexibility index (Phi) is 7.43. The lowest BCUT2D eigenvalue weighted by Gasteiger charge is -2.22. The van der Waals surface area contributed by atoms with Crippen LogP contribution in [0.25, 0.3) is 72.7 Å². The number of rotatable bonds is 10. The summed E-state index contributed by atoms with van der Waals surface area (Å²) in [5, 5.41) is 12.4. The predicted octanol–water partition coefficient (Wildman–Crippen LogP) is 17.9. The van der Waals surface area contributed by atoms with Gasteiger partial charge in [-0.15, -0.1) is 0 Å². The minimum absolute atomic E-state index is 0.0335. The molecular weight excluding hydrogens is 815 g/mol. The van der Waals surface area contributed by atoms with Crippen LogP contribution in [0.2, 0.25) is 0 Å². The van der Waals surface area contributed by atoms with Crippen LogP contribution in [-0.2, 0) is 10.8 Å². The van der Waals surface area contributed by atoms with Gasteiger partial charge in [0.25, 0.3) is 0 Å². The van der Waals surface area contributed by atoms with Crippen LogP contribution in [0.4, 0.5) is 0 Å². The van der Waals surface area contributed by atoms with Crippen molar-refractivity contribution in [3.05, 3.63) is 166 Å². The van der Waals surface area contributed by atoms with Gasteiger partial charge in [-0.1, -0.05) is 169 Å². The van der Waals surface area contributed by atoms with Gasteiger partial charge in [-0.2, -0.15) is 0 Å². The average molecular weight is 907 g/mol. The fraction of sp³-hybridized carbons (Fsp3) is 0.333. The largest absolute Gasteiger partial charge is 0.507 e. The summed E-state index contributed by atoms with van der Waals surface area (Å²) < 4.78 is 187. The zero-order chi connectivity index (χ0) is 66.2. The summed E-state index contributed by atoms with van der Waals surface area (Å²) in [7, 11) is 0. The molecule has 0 aliphatic heterocycles. The van der Waals surface area contributed by atoms with Crippen LogP contribution in [0.3, 0.4) is 0 Å². The SMILES string of the molecule is [2H]c1nc(-c2cc(-c3cccc4c3nc(-c3cc(C(C)C)cc(C(C)C)c3O)n4-c3ccc(-c4c(C([2H])(C)C)cccc4C([2H])(C)C)cc3C([2H])([2H])[2H])cc(C(C)(C)C)c2)c([2H])c(-c2c([2H])c([2H])c(C(C([2H])([2H])[2H])(C([2H])([2H])[2H])C([2H])([2H])[2H])c([2H])c2[2H])c1[2H]. The van der Waals surface area contributed by atoms with Crippen LogP contribution >= 0.6 is 0 Å². The molecule has 0 saturated heterocycles. The van der Waals surface area contributed by atoms with Gasteiger partial charge < -0.3 is 5.11 Å². The van der Waals surface area contributed by atoms with Gasteiger partial charge in [-0.25, -0.2) is 4.98 Å². The van der Waals surface area contributed by atoms with E-state index >= 15 is 0 Å². The summed E-state index contributed by atoms with van der Waals surface area (Å²) in [5.41, 5.74) is -1.29. The summed E-state index contributed by atoms with van der Waals surface area (Å²) in [4.78, 5) is 9.76. The number of aromatic nitrogens is 3. The number of nitrogens with zero attached hydrogens (tertiary/aromatic N) is 3. The number of aromatic hydroxyl groups is 1. The molecule has 0 spiro atoms. The number of fused-ring (bicyclic) bond motifs is 1. The Balaban J connectivity index is 1.47. The average Bonchev–Trinajstić information content (AvgIpc) is 0.779. The highest BCUT2D eigenvalue weighted by molar-refractivity contribution is 5.97. The zero-order valence-corrected chi connectivity index (χ0v) is 40.0. The third-order valence-corrected chi connectivity index (χ3v) is 12.3. The maximum absolute atomic E-state index is 12.4. The van der Waals surface area contributed by atoms with E-state index in [1.807, 2.05) is 78.8 Å². The molecule has 0 aliphatic carbocycles. The molecule has 4 nitrogen and oxygen atoms in total. The molecule has 1 N–H and O–H groups in total. The second kappa shape index (κ2) is 18.1. The van der Waals surface area contributed by atoms with Crippen molar-refractivity contribution < 1.29 is 33.9 Å². The van der Waals surface area contributed by atoms with E-state index in [1.54, 1.807) is 86.9 Å². The molecule has 0 amide bonds. The Morgan fingerprint density at radius 1 is 0.627 bits per heavy atom. The van der Waals surface area contributed by atoms with Crippen molar-refractivity contribution in [2.75, 3.05) is 0 Å². The number of phenolic OH excluding ortho intramolecular Hbond substituents is 1. The summed E-state index contributed by atoms with van der Waals surface area (Å²) in [6, 6.07) is 18.2. The first-order valence-corrected chi connectivity index (χ1v) is 22.5. The molecular formula is C63H71N3O. The quantitative estimate of drug-likeness (QED) is 0.149. The summed E-state index contributed by atoms with van der Waals surface area (Å²) in [6.07, 6.45) is -0.788. The normalized spacial score (nSPS) is 18.0. The highest BCUT2D eigenvalue weighted by atomic mass is 16.3. The summed E-state index contributed by atoms with van der Waals surface area (Å²) >= 11 is 0. The molecule has 344 valence electrons. The summed E-state index contributed by atoms with van der Waals surface area (Å²) in [5.74, 6) is -2.43. The van der Waals surface area contributed by atoms with Crippen molar-refractivity contribution in [3.63, 3.8) is 0 Å². The van der Waals surface area contributed by atoms with Gasteiger partial charge in [0.2, 0.25) is 0 Å². The number of para-hydroxylation sites is 1. The first kappa shape index (κ1) is 27.5.